The lowest BCUT2D eigenvalue weighted by molar-refractivity contribution is 0.512. The van der Waals surface area contributed by atoms with Crippen molar-refractivity contribution in [3.8, 4) is 0 Å². The van der Waals surface area contributed by atoms with Crippen LogP contribution in [0.15, 0.2) is 24.4 Å². The number of aromatic amines is 1. The summed E-state index contributed by atoms with van der Waals surface area (Å²) in [4.78, 5) is 3.33. The van der Waals surface area contributed by atoms with Gasteiger partial charge >= 0.3 is 0 Å². The fourth-order valence-electron chi connectivity index (χ4n) is 2.73. The quantitative estimate of drug-likeness (QED) is 0.744. The summed E-state index contributed by atoms with van der Waals surface area (Å²) in [6, 6.07) is 6.75. The Morgan fingerprint density at radius 3 is 2.22 bits per heavy atom. The summed E-state index contributed by atoms with van der Waals surface area (Å²) in [5, 5.41) is 1.38. The summed E-state index contributed by atoms with van der Waals surface area (Å²) in [6.45, 7) is 13.9. The Morgan fingerprint density at radius 1 is 1.00 bits per heavy atom. The van der Waals surface area contributed by atoms with Crippen molar-refractivity contribution in [1.29, 1.82) is 0 Å². The molecule has 2 rings (SSSR count). The second-order valence-corrected chi connectivity index (χ2v) is 6.75. The molecule has 98 valence electrons. The van der Waals surface area contributed by atoms with Gasteiger partial charge in [-0.1, -0.05) is 47.6 Å². The Bertz CT molecular complexity index is 540. The predicted octanol–water partition coefficient (Wildman–Crippen LogP) is 5.22. The lowest BCUT2D eigenvalue weighted by Crippen LogP contribution is -2.17. The fraction of sp³-hybridized carbons (Fsp3) is 0.529. The van der Waals surface area contributed by atoms with Gasteiger partial charge in [-0.15, -0.1) is 0 Å². The number of rotatable bonds is 2. The molecule has 1 nitrogen and oxygen atoms in total. The molecule has 0 spiro atoms. The fourth-order valence-corrected chi connectivity index (χ4v) is 2.73. The van der Waals surface area contributed by atoms with Crippen LogP contribution in [-0.2, 0) is 5.41 Å². The van der Waals surface area contributed by atoms with Gasteiger partial charge in [-0.05, 0) is 40.5 Å². The molecule has 0 bridgehead atoms. The lowest BCUT2D eigenvalue weighted by Gasteiger charge is -2.28. The van der Waals surface area contributed by atoms with Crippen molar-refractivity contribution in [3.05, 3.63) is 35.5 Å². The van der Waals surface area contributed by atoms with Gasteiger partial charge in [0.25, 0.3) is 0 Å². The molecular weight excluding hydrogens is 218 g/mol. The number of H-pyrrole nitrogens is 1. The number of hydrogen-bond donors (Lipinski definition) is 1. The second-order valence-electron chi connectivity index (χ2n) is 6.75. The van der Waals surface area contributed by atoms with E-state index in [0.717, 1.165) is 0 Å². The molecule has 1 heteroatoms. The number of nitrogens with one attached hydrogen (secondary N) is 1. The average molecular weight is 243 g/mol. The minimum Gasteiger partial charge on any atom is -0.361 e. The van der Waals surface area contributed by atoms with Gasteiger partial charge in [0.1, 0.15) is 0 Å². The van der Waals surface area contributed by atoms with Crippen LogP contribution >= 0.6 is 0 Å². The zero-order valence-corrected chi connectivity index (χ0v) is 12.5. The van der Waals surface area contributed by atoms with E-state index in [4.69, 9.17) is 0 Å². The van der Waals surface area contributed by atoms with Gasteiger partial charge in [0, 0.05) is 17.1 Å². The maximum Gasteiger partial charge on any atom is 0.0457 e. The van der Waals surface area contributed by atoms with E-state index in [9.17, 15) is 0 Å². The van der Waals surface area contributed by atoms with E-state index in [-0.39, 0.29) is 5.41 Å². The highest BCUT2D eigenvalue weighted by Crippen LogP contribution is 2.38. The van der Waals surface area contributed by atoms with Crippen LogP contribution in [0.5, 0.6) is 0 Å². The van der Waals surface area contributed by atoms with Crippen LogP contribution in [0.25, 0.3) is 10.9 Å². The summed E-state index contributed by atoms with van der Waals surface area (Å²) in [6.07, 6.45) is 2.05. The molecule has 18 heavy (non-hydrogen) atoms. The van der Waals surface area contributed by atoms with Gasteiger partial charge < -0.3 is 4.98 Å². The van der Waals surface area contributed by atoms with Gasteiger partial charge in [-0.3, -0.25) is 0 Å². The molecule has 1 aromatic carbocycles. The summed E-state index contributed by atoms with van der Waals surface area (Å²) >= 11 is 0. The van der Waals surface area contributed by atoms with Gasteiger partial charge in [0.05, 0.1) is 0 Å². The molecule has 0 saturated carbocycles. The molecule has 2 aromatic rings. The standard InChI is InChI=1S/C17H25N/c1-11(2)12(3)13-7-8-15-14(9-10-18-15)16(13)17(4,5)6/h7-12,18H,1-6H3. The lowest BCUT2D eigenvalue weighted by atomic mass is 9.76. The molecule has 0 amide bonds. The second kappa shape index (κ2) is 4.46. The Kier molecular flexibility index (Phi) is 3.27. The minimum absolute atomic E-state index is 0.181. The zero-order chi connectivity index (χ0) is 13.5. The highest BCUT2D eigenvalue weighted by molar-refractivity contribution is 5.85. The third kappa shape index (κ3) is 2.19. The molecule has 0 saturated heterocycles. The number of fused-ring (bicyclic) bond motifs is 1. The first kappa shape index (κ1) is 13.2. The number of benzene rings is 1. The first-order valence-electron chi connectivity index (χ1n) is 6.93. The molecule has 1 unspecified atom stereocenters. The van der Waals surface area contributed by atoms with E-state index in [0.29, 0.717) is 11.8 Å². The van der Waals surface area contributed by atoms with Crippen LogP contribution in [-0.4, -0.2) is 4.98 Å². The van der Waals surface area contributed by atoms with Gasteiger partial charge in [-0.2, -0.15) is 0 Å². The van der Waals surface area contributed by atoms with Crippen LogP contribution in [0.1, 0.15) is 58.6 Å². The van der Waals surface area contributed by atoms with Gasteiger partial charge in [-0.25, -0.2) is 0 Å². The first-order valence-corrected chi connectivity index (χ1v) is 6.93. The van der Waals surface area contributed by atoms with Crippen molar-refractivity contribution < 1.29 is 0 Å². The summed E-state index contributed by atoms with van der Waals surface area (Å²) in [5.74, 6) is 1.26. The van der Waals surface area contributed by atoms with Crippen molar-refractivity contribution in [3.63, 3.8) is 0 Å². The zero-order valence-electron chi connectivity index (χ0n) is 12.5. The maximum absolute atomic E-state index is 3.33. The van der Waals surface area contributed by atoms with E-state index in [2.05, 4.69) is 64.7 Å². The van der Waals surface area contributed by atoms with Crippen molar-refractivity contribution in [2.45, 2.75) is 52.9 Å². The largest absolute Gasteiger partial charge is 0.361 e. The smallest absolute Gasteiger partial charge is 0.0457 e. The minimum atomic E-state index is 0.181. The van der Waals surface area contributed by atoms with Crippen molar-refractivity contribution in [2.24, 2.45) is 5.92 Å². The topological polar surface area (TPSA) is 15.8 Å². The first-order chi connectivity index (χ1) is 8.32. The molecule has 1 N–H and O–H groups in total. The Balaban J connectivity index is 2.73. The third-order valence-electron chi connectivity index (χ3n) is 4.01. The molecule has 0 aliphatic heterocycles. The maximum atomic E-state index is 3.33. The van der Waals surface area contributed by atoms with Gasteiger partial charge in [0.15, 0.2) is 0 Å². The van der Waals surface area contributed by atoms with Crippen molar-refractivity contribution >= 4 is 10.9 Å². The molecule has 0 radical (unpaired) electrons. The SMILES string of the molecule is CC(C)C(C)c1ccc2[nH]ccc2c1C(C)(C)C. The van der Waals surface area contributed by atoms with E-state index >= 15 is 0 Å². The van der Waals surface area contributed by atoms with Crippen LogP contribution in [0.4, 0.5) is 0 Å². The third-order valence-corrected chi connectivity index (χ3v) is 4.01. The van der Waals surface area contributed by atoms with E-state index in [1.54, 1.807) is 0 Å². The van der Waals surface area contributed by atoms with Crippen molar-refractivity contribution in [1.82, 2.24) is 4.98 Å². The van der Waals surface area contributed by atoms with Crippen LogP contribution in [0.2, 0.25) is 0 Å². The Morgan fingerprint density at radius 2 is 1.67 bits per heavy atom. The molecule has 1 heterocycles. The molecule has 1 atom stereocenters. The van der Waals surface area contributed by atoms with E-state index in [1.807, 2.05) is 6.20 Å². The normalized spacial score (nSPS) is 14.4. The van der Waals surface area contributed by atoms with Crippen LogP contribution in [0, 0.1) is 5.92 Å². The molecular formula is C17H25N. The number of aromatic nitrogens is 1. The van der Waals surface area contributed by atoms with Crippen LogP contribution in [0.3, 0.4) is 0 Å². The highest BCUT2D eigenvalue weighted by Gasteiger charge is 2.24. The van der Waals surface area contributed by atoms with E-state index < -0.39 is 0 Å². The highest BCUT2D eigenvalue weighted by atomic mass is 14.7. The Labute approximate surface area is 111 Å². The predicted molar refractivity (Wildman–Crippen MR) is 80.3 cm³/mol. The van der Waals surface area contributed by atoms with E-state index in [1.165, 1.54) is 22.0 Å². The number of hydrogen-bond acceptors (Lipinski definition) is 0. The molecule has 0 fully saturated rings. The molecule has 1 aromatic heterocycles. The molecule has 0 aliphatic carbocycles. The summed E-state index contributed by atoms with van der Waals surface area (Å²) in [7, 11) is 0. The monoisotopic (exact) mass is 243 g/mol. The molecule has 0 aliphatic rings. The van der Waals surface area contributed by atoms with Crippen LogP contribution < -0.4 is 0 Å². The van der Waals surface area contributed by atoms with Crippen molar-refractivity contribution in [2.75, 3.05) is 0 Å². The average Bonchev–Trinajstić information content (AvgIpc) is 2.72. The van der Waals surface area contributed by atoms with Gasteiger partial charge in [0.2, 0.25) is 0 Å². The Hall–Kier alpha value is -1.24. The summed E-state index contributed by atoms with van der Waals surface area (Å²) < 4.78 is 0. The summed E-state index contributed by atoms with van der Waals surface area (Å²) in [5.41, 5.74) is 4.44.